The molecular weight excluding hydrogens is 326 g/mol. The highest BCUT2D eigenvalue weighted by Crippen LogP contribution is 2.45. The van der Waals surface area contributed by atoms with Crippen LogP contribution in [0.4, 0.5) is 14.5 Å². The summed E-state index contributed by atoms with van der Waals surface area (Å²) in [6, 6.07) is 4.94. The molecule has 0 unspecified atom stereocenters. The lowest BCUT2D eigenvalue weighted by Gasteiger charge is -2.32. The van der Waals surface area contributed by atoms with E-state index in [-0.39, 0.29) is 17.4 Å². The van der Waals surface area contributed by atoms with Crippen LogP contribution in [0.5, 0.6) is 0 Å². The molecule has 0 aromatic heterocycles. The van der Waals surface area contributed by atoms with Gasteiger partial charge >= 0.3 is 5.97 Å². The summed E-state index contributed by atoms with van der Waals surface area (Å²) in [5, 5.41) is 19.7. The molecular formula is C15H14F2N2O3S. The maximum absolute atomic E-state index is 14.1. The van der Waals surface area contributed by atoms with Crippen LogP contribution in [0.15, 0.2) is 28.8 Å². The summed E-state index contributed by atoms with van der Waals surface area (Å²) in [7, 11) is 0. The summed E-state index contributed by atoms with van der Waals surface area (Å²) >= 11 is 0.955. The van der Waals surface area contributed by atoms with E-state index in [0.29, 0.717) is 0 Å². The predicted octanol–water partition coefficient (Wildman–Crippen LogP) is 2.52. The zero-order valence-electron chi connectivity index (χ0n) is 12.5. The molecule has 1 aromatic carbocycles. The average Bonchev–Trinajstić information content (AvgIpc) is 2.77. The van der Waals surface area contributed by atoms with Gasteiger partial charge in [0, 0.05) is 5.75 Å². The summed E-state index contributed by atoms with van der Waals surface area (Å²) < 4.78 is 33.0. The highest BCUT2D eigenvalue weighted by molar-refractivity contribution is 8.03. The number of hydrogen-bond donors (Lipinski definition) is 1. The molecule has 0 bridgehead atoms. The number of para-hydroxylation sites is 1. The van der Waals surface area contributed by atoms with Crippen molar-refractivity contribution < 1.29 is 23.4 Å². The lowest BCUT2D eigenvalue weighted by Crippen LogP contribution is -2.43. The zero-order valence-corrected chi connectivity index (χ0v) is 13.3. The van der Waals surface area contributed by atoms with Crippen LogP contribution in [0.2, 0.25) is 0 Å². The molecule has 1 N–H and O–H groups in total. The van der Waals surface area contributed by atoms with Crippen LogP contribution in [0.25, 0.3) is 0 Å². The summed E-state index contributed by atoms with van der Waals surface area (Å²) in [5.41, 5.74) is -2.59. The van der Waals surface area contributed by atoms with Crippen molar-refractivity contribution in [3.63, 3.8) is 0 Å². The van der Waals surface area contributed by atoms with Crippen LogP contribution < -0.4 is 4.90 Å². The van der Waals surface area contributed by atoms with Crippen LogP contribution in [0.1, 0.15) is 13.8 Å². The third-order valence-corrected chi connectivity index (χ3v) is 4.48. The van der Waals surface area contributed by atoms with Crippen LogP contribution in [0, 0.1) is 23.0 Å². The van der Waals surface area contributed by atoms with Crippen LogP contribution in [-0.4, -0.2) is 29.2 Å². The first-order valence-electron chi connectivity index (χ1n) is 6.74. The van der Waals surface area contributed by atoms with Crippen LogP contribution in [0.3, 0.4) is 0 Å². The van der Waals surface area contributed by atoms with E-state index in [1.807, 2.05) is 0 Å². The zero-order chi connectivity index (χ0) is 17.2. The van der Waals surface area contributed by atoms with Crippen molar-refractivity contribution in [2.24, 2.45) is 0 Å². The molecule has 1 aliphatic heterocycles. The number of thioether (sulfide) groups is 1. The molecule has 1 aliphatic rings. The fourth-order valence-electron chi connectivity index (χ4n) is 2.17. The molecule has 0 radical (unpaired) electrons. The molecule has 23 heavy (non-hydrogen) atoms. The van der Waals surface area contributed by atoms with Crippen molar-refractivity contribution in [3.05, 3.63) is 40.4 Å². The lowest BCUT2D eigenvalue weighted by molar-refractivity contribution is -0.138. The van der Waals surface area contributed by atoms with E-state index < -0.39 is 34.6 Å². The van der Waals surface area contributed by atoms with Crippen molar-refractivity contribution in [3.8, 4) is 6.07 Å². The second-order valence-corrected chi connectivity index (χ2v) is 5.89. The Kier molecular flexibility index (Phi) is 4.92. The number of carbonyl (C=O) groups excluding carboxylic acids is 1. The molecule has 1 atom stereocenters. The average molecular weight is 340 g/mol. The second-order valence-electron chi connectivity index (χ2n) is 4.92. The van der Waals surface area contributed by atoms with E-state index in [9.17, 15) is 23.9 Å². The van der Waals surface area contributed by atoms with E-state index >= 15 is 0 Å². The Labute approximate surface area is 136 Å². The molecule has 1 fully saturated rings. The minimum absolute atomic E-state index is 0.0285. The van der Waals surface area contributed by atoms with Gasteiger partial charge in [-0.3, -0.25) is 4.90 Å². The molecule has 8 heteroatoms. The number of aliphatic hydroxyl groups is 1. The number of nitrogens with zero attached hydrogens (tertiary/aromatic N) is 2. The number of esters is 1. The number of halogens is 2. The normalized spacial score (nSPS) is 22.7. The van der Waals surface area contributed by atoms with E-state index in [4.69, 9.17) is 4.74 Å². The van der Waals surface area contributed by atoms with Crippen molar-refractivity contribution in [1.82, 2.24) is 0 Å². The van der Waals surface area contributed by atoms with E-state index in [2.05, 4.69) is 0 Å². The quantitative estimate of drug-likeness (QED) is 0.518. The Hall–Kier alpha value is -2.11. The molecule has 1 heterocycles. The number of nitriles is 1. The number of carbonyl (C=O) groups is 1. The monoisotopic (exact) mass is 340 g/mol. The van der Waals surface area contributed by atoms with Gasteiger partial charge in [0.25, 0.3) is 0 Å². The Bertz CT molecular complexity index is 693. The van der Waals surface area contributed by atoms with Crippen LogP contribution in [-0.2, 0) is 9.53 Å². The van der Waals surface area contributed by atoms with Gasteiger partial charge in [0.15, 0.2) is 5.57 Å². The molecule has 0 aliphatic carbocycles. The first kappa shape index (κ1) is 17.2. The molecule has 122 valence electrons. The van der Waals surface area contributed by atoms with Gasteiger partial charge in [0.05, 0.1) is 6.61 Å². The largest absolute Gasteiger partial charge is 0.462 e. The van der Waals surface area contributed by atoms with Crippen LogP contribution >= 0.6 is 11.8 Å². The van der Waals surface area contributed by atoms with Crippen molar-refractivity contribution in [1.29, 1.82) is 5.26 Å². The molecule has 2 rings (SSSR count). The first-order chi connectivity index (χ1) is 10.8. The van der Waals surface area contributed by atoms with Gasteiger partial charge in [-0.05, 0) is 26.0 Å². The fraction of sp³-hybridized carbons (Fsp3) is 0.333. The number of anilines is 1. The maximum Gasteiger partial charge on any atom is 0.351 e. The summed E-state index contributed by atoms with van der Waals surface area (Å²) in [6.45, 7) is 2.97. The lowest BCUT2D eigenvalue weighted by atomic mass is 10.1. The molecule has 0 amide bonds. The SMILES string of the molecule is CCOC(=O)/C(C#N)=C1\SC[C@](C)(O)N1c1c(F)cccc1F. The molecule has 5 nitrogen and oxygen atoms in total. The number of ether oxygens (including phenoxy) is 1. The topological polar surface area (TPSA) is 73.6 Å². The number of hydrogen-bond acceptors (Lipinski definition) is 6. The van der Waals surface area contributed by atoms with Crippen molar-refractivity contribution >= 4 is 23.4 Å². The maximum atomic E-state index is 14.1. The Balaban J connectivity index is 2.66. The van der Waals surface area contributed by atoms with E-state index in [1.165, 1.54) is 13.0 Å². The van der Waals surface area contributed by atoms with Gasteiger partial charge in [0.2, 0.25) is 0 Å². The fourth-order valence-corrected chi connectivity index (χ4v) is 3.40. The van der Waals surface area contributed by atoms with Gasteiger partial charge in [0.1, 0.15) is 34.1 Å². The minimum Gasteiger partial charge on any atom is -0.462 e. The van der Waals surface area contributed by atoms with Gasteiger partial charge in [-0.25, -0.2) is 13.6 Å². The van der Waals surface area contributed by atoms with E-state index in [1.54, 1.807) is 13.0 Å². The second kappa shape index (κ2) is 6.56. The standard InChI is InChI=1S/C15H14F2N2O3S/c1-3-22-14(20)9(7-18)13-19(15(2,21)8-23-13)12-10(16)5-4-6-11(12)17/h4-6,21H,3,8H2,1-2H3/b13-9-/t15-/m0/s1. The predicted molar refractivity (Wildman–Crippen MR) is 81.2 cm³/mol. The molecule has 0 spiro atoms. The molecule has 1 aromatic rings. The Morgan fingerprint density at radius 2 is 2.13 bits per heavy atom. The van der Waals surface area contributed by atoms with Crippen molar-refractivity contribution in [2.75, 3.05) is 17.3 Å². The van der Waals surface area contributed by atoms with Gasteiger partial charge in [-0.2, -0.15) is 5.26 Å². The minimum atomic E-state index is -1.67. The van der Waals surface area contributed by atoms with Gasteiger partial charge in [-0.1, -0.05) is 6.07 Å². The number of rotatable bonds is 3. The molecule has 1 saturated heterocycles. The van der Waals surface area contributed by atoms with Crippen molar-refractivity contribution in [2.45, 2.75) is 19.6 Å². The Morgan fingerprint density at radius 1 is 1.52 bits per heavy atom. The summed E-state index contributed by atoms with van der Waals surface area (Å²) in [5.74, 6) is -2.70. The first-order valence-corrected chi connectivity index (χ1v) is 7.73. The third-order valence-electron chi connectivity index (χ3n) is 3.13. The molecule has 0 saturated carbocycles. The summed E-state index contributed by atoms with van der Waals surface area (Å²) in [4.78, 5) is 12.8. The van der Waals surface area contributed by atoms with E-state index in [0.717, 1.165) is 28.8 Å². The highest BCUT2D eigenvalue weighted by Gasteiger charge is 2.44. The summed E-state index contributed by atoms with van der Waals surface area (Å²) in [6.07, 6.45) is 0. The number of benzene rings is 1. The van der Waals surface area contributed by atoms with Gasteiger partial charge < -0.3 is 9.84 Å². The third kappa shape index (κ3) is 3.16. The Morgan fingerprint density at radius 3 is 2.65 bits per heavy atom. The smallest absolute Gasteiger partial charge is 0.351 e. The van der Waals surface area contributed by atoms with Gasteiger partial charge in [-0.15, -0.1) is 11.8 Å². The highest BCUT2D eigenvalue weighted by atomic mass is 32.2.